The van der Waals surface area contributed by atoms with Crippen molar-refractivity contribution in [2.24, 2.45) is 0 Å². The maximum Gasteiger partial charge on any atom is 0.227 e. The first-order chi connectivity index (χ1) is 16.5. The minimum absolute atomic E-state index is 0.0371. The summed E-state index contributed by atoms with van der Waals surface area (Å²) in [5.41, 5.74) is 2.59. The Morgan fingerprint density at radius 3 is 2.44 bits per heavy atom. The maximum absolute atomic E-state index is 13.8. The second-order valence-electron chi connectivity index (χ2n) is 8.38. The molecule has 1 atom stereocenters. The van der Waals surface area contributed by atoms with E-state index in [1.807, 2.05) is 90.5 Å². The Balaban J connectivity index is 1.47. The van der Waals surface area contributed by atoms with Crippen LogP contribution in [0, 0.1) is 0 Å². The first-order valence-electron chi connectivity index (χ1n) is 11.4. The van der Waals surface area contributed by atoms with Crippen molar-refractivity contribution in [3.05, 3.63) is 114 Å². The lowest BCUT2D eigenvalue weighted by Gasteiger charge is -2.31. The van der Waals surface area contributed by atoms with Crippen LogP contribution < -0.4 is 9.47 Å². The Morgan fingerprint density at radius 1 is 0.941 bits per heavy atom. The summed E-state index contributed by atoms with van der Waals surface area (Å²) in [7, 11) is 0. The molecule has 3 aromatic carbocycles. The van der Waals surface area contributed by atoms with Crippen molar-refractivity contribution in [3.8, 4) is 17.2 Å². The molecule has 170 valence electrons. The van der Waals surface area contributed by atoms with Gasteiger partial charge in [-0.05, 0) is 55.3 Å². The molecule has 0 saturated heterocycles. The van der Waals surface area contributed by atoms with E-state index in [0.29, 0.717) is 35.8 Å². The number of ketones is 2. The standard InChI is InChI=1S/C29H25NO4/c1-3-29(28(32)25-11-8-18-30(25)24-10-5-7-13-27(24)34-29)22-16-14-21(15-17-22)19-33-26-12-6-4-9-23(26)20(2)31/h4-18H,3,19H2,1-2H3. The highest BCUT2D eigenvalue weighted by Crippen LogP contribution is 2.41. The lowest BCUT2D eigenvalue weighted by molar-refractivity contribution is 0.0424. The number of rotatable bonds is 6. The highest BCUT2D eigenvalue weighted by molar-refractivity contribution is 6.03. The number of fused-ring (bicyclic) bond motifs is 3. The minimum atomic E-state index is -1.14. The summed E-state index contributed by atoms with van der Waals surface area (Å²) in [6, 6.07) is 26.4. The van der Waals surface area contributed by atoms with Crippen molar-refractivity contribution in [3.63, 3.8) is 0 Å². The number of Topliss-reactive ketones (excluding diaryl/α,β-unsaturated/α-hetero) is 2. The minimum Gasteiger partial charge on any atom is -0.488 e. The predicted molar refractivity (Wildman–Crippen MR) is 130 cm³/mol. The van der Waals surface area contributed by atoms with E-state index in [1.165, 1.54) is 6.92 Å². The Labute approximate surface area is 198 Å². The quantitative estimate of drug-likeness (QED) is 0.331. The molecule has 1 unspecified atom stereocenters. The van der Waals surface area contributed by atoms with E-state index >= 15 is 0 Å². The summed E-state index contributed by atoms with van der Waals surface area (Å²) in [4.78, 5) is 25.7. The van der Waals surface area contributed by atoms with Crippen LogP contribution in [0.3, 0.4) is 0 Å². The lowest BCUT2D eigenvalue weighted by Crippen LogP contribution is -2.41. The number of carbonyl (C=O) groups excluding carboxylic acids is 2. The summed E-state index contributed by atoms with van der Waals surface area (Å²) in [6.45, 7) is 3.80. The number of carbonyl (C=O) groups is 2. The molecule has 1 aliphatic heterocycles. The first kappa shape index (κ1) is 21.7. The number of para-hydroxylation sites is 3. The van der Waals surface area contributed by atoms with E-state index in [0.717, 1.165) is 16.8 Å². The van der Waals surface area contributed by atoms with E-state index in [2.05, 4.69) is 0 Å². The molecule has 0 N–H and O–H groups in total. The number of aromatic nitrogens is 1. The molecule has 4 aromatic rings. The van der Waals surface area contributed by atoms with Crippen molar-refractivity contribution in [2.45, 2.75) is 32.5 Å². The van der Waals surface area contributed by atoms with Crippen molar-refractivity contribution in [1.82, 2.24) is 4.57 Å². The van der Waals surface area contributed by atoms with Crippen LogP contribution in [0.25, 0.3) is 5.69 Å². The molecule has 0 radical (unpaired) electrons. The van der Waals surface area contributed by atoms with Gasteiger partial charge in [-0.25, -0.2) is 0 Å². The molecule has 0 bridgehead atoms. The van der Waals surface area contributed by atoms with Crippen LogP contribution in [0.2, 0.25) is 0 Å². The van der Waals surface area contributed by atoms with Gasteiger partial charge in [-0.15, -0.1) is 0 Å². The van der Waals surface area contributed by atoms with Gasteiger partial charge < -0.3 is 14.0 Å². The summed E-state index contributed by atoms with van der Waals surface area (Å²) in [6.07, 6.45) is 2.37. The summed E-state index contributed by atoms with van der Waals surface area (Å²) < 4.78 is 14.3. The number of hydrogen-bond donors (Lipinski definition) is 0. The molecule has 34 heavy (non-hydrogen) atoms. The fourth-order valence-corrected chi connectivity index (χ4v) is 4.50. The summed E-state index contributed by atoms with van der Waals surface area (Å²) in [5, 5.41) is 0. The van der Waals surface area contributed by atoms with Crippen molar-refractivity contribution < 1.29 is 19.1 Å². The maximum atomic E-state index is 13.8. The third kappa shape index (κ3) is 3.59. The molecule has 0 amide bonds. The van der Waals surface area contributed by atoms with Gasteiger partial charge in [0, 0.05) is 11.8 Å². The molecule has 1 aromatic heterocycles. The van der Waals surface area contributed by atoms with E-state index in [9.17, 15) is 9.59 Å². The Kier molecular flexibility index (Phi) is 5.54. The summed E-state index contributed by atoms with van der Waals surface area (Å²) in [5.74, 6) is 1.12. The van der Waals surface area contributed by atoms with Gasteiger partial charge in [0.05, 0.1) is 16.9 Å². The highest BCUT2D eigenvalue weighted by atomic mass is 16.5. The fraction of sp³-hybridized carbons (Fsp3) is 0.172. The van der Waals surface area contributed by atoms with Crippen molar-refractivity contribution in [2.75, 3.05) is 0 Å². The van der Waals surface area contributed by atoms with Gasteiger partial charge in [-0.1, -0.05) is 55.5 Å². The van der Waals surface area contributed by atoms with Crippen LogP contribution in [0.5, 0.6) is 11.5 Å². The van der Waals surface area contributed by atoms with Gasteiger partial charge in [-0.3, -0.25) is 9.59 Å². The molecule has 1 aliphatic rings. The zero-order chi connectivity index (χ0) is 23.7. The largest absolute Gasteiger partial charge is 0.488 e. The average Bonchev–Trinajstić information content (AvgIpc) is 3.33. The van der Waals surface area contributed by atoms with E-state index in [4.69, 9.17) is 9.47 Å². The normalized spacial score (nSPS) is 16.7. The van der Waals surface area contributed by atoms with Crippen LogP contribution in [-0.4, -0.2) is 16.1 Å². The monoisotopic (exact) mass is 451 g/mol. The molecule has 0 saturated carbocycles. The molecule has 2 heterocycles. The van der Waals surface area contributed by atoms with Crippen LogP contribution in [0.15, 0.2) is 91.1 Å². The van der Waals surface area contributed by atoms with Crippen LogP contribution in [0.1, 0.15) is 52.2 Å². The average molecular weight is 452 g/mol. The molecule has 5 nitrogen and oxygen atoms in total. The molecular weight excluding hydrogens is 426 g/mol. The Morgan fingerprint density at radius 2 is 1.68 bits per heavy atom. The second-order valence-corrected chi connectivity index (χ2v) is 8.38. The van der Waals surface area contributed by atoms with Crippen LogP contribution in [0.4, 0.5) is 0 Å². The van der Waals surface area contributed by atoms with E-state index < -0.39 is 5.60 Å². The molecule has 5 rings (SSSR count). The second kappa shape index (κ2) is 8.67. The number of hydrogen-bond acceptors (Lipinski definition) is 4. The molecule has 0 spiro atoms. The number of nitrogens with zero attached hydrogens (tertiary/aromatic N) is 1. The predicted octanol–water partition coefficient (Wildman–Crippen LogP) is 6.14. The van der Waals surface area contributed by atoms with Gasteiger partial charge in [-0.2, -0.15) is 0 Å². The number of ether oxygens (including phenoxy) is 2. The highest BCUT2D eigenvalue weighted by Gasteiger charge is 2.45. The Hall–Kier alpha value is -4.12. The number of benzene rings is 3. The lowest BCUT2D eigenvalue weighted by atomic mass is 9.84. The topological polar surface area (TPSA) is 57.5 Å². The van der Waals surface area contributed by atoms with Gasteiger partial charge in [0.15, 0.2) is 11.4 Å². The van der Waals surface area contributed by atoms with Gasteiger partial charge in [0.1, 0.15) is 18.1 Å². The first-order valence-corrected chi connectivity index (χ1v) is 11.4. The van der Waals surface area contributed by atoms with Crippen LogP contribution >= 0.6 is 0 Å². The zero-order valence-electron chi connectivity index (χ0n) is 19.2. The molecule has 5 heteroatoms. The molecular formula is C29H25NO4. The van der Waals surface area contributed by atoms with E-state index in [1.54, 1.807) is 12.1 Å². The summed E-state index contributed by atoms with van der Waals surface area (Å²) >= 11 is 0. The third-order valence-corrected chi connectivity index (χ3v) is 6.34. The van der Waals surface area contributed by atoms with Crippen molar-refractivity contribution >= 4 is 11.6 Å². The van der Waals surface area contributed by atoms with Gasteiger partial charge in [0.2, 0.25) is 5.78 Å². The van der Waals surface area contributed by atoms with E-state index in [-0.39, 0.29) is 11.6 Å². The third-order valence-electron chi connectivity index (χ3n) is 6.34. The smallest absolute Gasteiger partial charge is 0.227 e. The Bertz CT molecular complexity index is 1370. The van der Waals surface area contributed by atoms with Gasteiger partial charge in [0.25, 0.3) is 0 Å². The SMILES string of the molecule is CCC1(c2ccc(COc3ccccc3C(C)=O)cc2)Oc2ccccc2-n2cccc2C1=O. The molecule has 0 aliphatic carbocycles. The molecule has 0 fully saturated rings. The van der Waals surface area contributed by atoms with Crippen molar-refractivity contribution in [1.29, 1.82) is 0 Å². The van der Waals surface area contributed by atoms with Gasteiger partial charge >= 0.3 is 0 Å². The van der Waals surface area contributed by atoms with Crippen LogP contribution in [-0.2, 0) is 12.2 Å². The fourth-order valence-electron chi connectivity index (χ4n) is 4.50. The zero-order valence-corrected chi connectivity index (χ0v) is 19.2.